The minimum atomic E-state index is -0.800. The summed E-state index contributed by atoms with van der Waals surface area (Å²) in [6, 6.07) is 14.1. The molecule has 0 saturated heterocycles. The SMILES string of the molecule is CC(C)C(C)(O)COc1ccc2ccccc2c1. The molecular formula is C16H20O2. The maximum Gasteiger partial charge on any atom is 0.120 e. The van der Waals surface area contributed by atoms with E-state index in [0.29, 0.717) is 6.61 Å². The molecule has 0 spiro atoms. The van der Waals surface area contributed by atoms with Crippen LogP contribution in [0.5, 0.6) is 5.75 Å². The highest BCUT2D eigenvalue weighted by Crippen LogP contribution is 2.23. The molecule has 0 aliphatic carbocycles. The van der Waals surface area contributed by atoms with Crippen molar-refractivity contribution in [3.05, 3.63) is 42.5 Å². The Labute approximate surface area is 108 Å². The van der Waals surface area contributed by atoms with Crippen LogP contribution in [0.2, 0.25) is 0 Å². The van der Waals surface area contributed by atoms with Gasteiger partial charge < -0.3 is 9.84 Å². The molecule has 2 nitrogen and oxygen atoms in total. The van der Waals surface area contributed by atoms with Crippen molar-refractivity contribution in [2.24, 2.45) is 5.92 Å². The molecule has 1 N–H and O–H groups in total. The van der Waals surface area contributed by atoms with Crippen LogP contribution in [0.3, 0.4) is 0 Å². The van der Waals surface area contributed by atoms with E-state index in [1.165, 1.54) is 5.39 Å². The molecule has 0 saturated carbocycles. The molecule has 0 fully saturated rings. The summed E-state index contributed by atoms with van der Waals surface area (Å²) in [5.41, 5.74) is -0.800. The van der Waals surface area contributed by atoms with Gasteiger partial charge in [-0.3, -0.25) is 0 Å². The Hall–Kier alpha value is -1.54. The van der Waals surface area contributed by atoms with Crippen LogP contribution in [0.1, 0.15) is 20.8 Å². The summed E-state index contributed by atoms with van der Waals surface area (Å²) >= 11 is 0. The van der Waals surface area contributed by atoms with Gasteiger partial charge in [0.05, 0.1) is 5.60 Å². The summed E-state index contributed by atoms with van der Waals surface area (Å²) in [6.45, 7) is 6.09. The topological polar surface area (TPSA) is 29.5 Å². The minimum absolute atomic E-state index is 0.165. The molecule has 2 aromatic carbocycles. The third-order valence-corrected chi connectivity index (χ3v) is 3.50. The fraction of sp³-hybridized carbons (Fsp3) is 0.375. The minimum Gasteiger partial charge on any atom is -0.491 e. The first-order valence-corrected chi connectivity index (χ1v) is 6.33. The third kappa shape index (κ3) is 2.82. The highest BCUT2D eigenvalue weighted by atomic mass is 16.5. The van der Waals surface area contributed by atoms with E-state index < -0.39 is 5.60 Å². The van der Waals surface area contributed by atoms with E-state index in [-0.39, 0.29) is 5.92 Å². The van der Waals surface area contributed by atoms with Crippen LogP contribution in [0.15, 0.2) is 42.5 Å². The van der Waals surface area contributed by atoms with E-state index >= 15 is 0 Å². The molecule has 1 unspecified atom stereocenters. The van der Waals surface area contributed by atoms with E-state index in [0.717, 1.165) is 11.1 Å². The first-order valence-electron chi connectivity index (χ1n) is 6.33. The Morgan fingerprint density at radius 1 is 1.11 bits per heavy atom. The van der Waals surface area contributed by atoms with Gasteiger partial charge in [0.2, 0.25) is 0 Å². The lowest BCUT2D eigenvalue weighted by Crippen LogP contribution is -2.37. The second-order valence-electron chi connectivity index (χ2n) is 5.31. The predicted molar refractivity (Wildman–Crippen MR) is 74.9 cm³/mol. The van der Waals surface area contributed by atoms with Crippen molar-refractivity contribution < 1.29 is 9.84 Å². The maximum absolute atomic E-state index is 10.1. The average molecular weight is 244 g/mol. The Balaban J connectivity index is 2.13. The summed E-state index contributed by atoms with van der Waals surface area (Å²) < 4.78 is 5.69. The van der Waals surface area contributed by atoms with Crippen LogP contribution in [-0.4, -0.2) is 17.3 Å². The van der Waals surface area contributed by atoms with E-state index in [1.807, 2.05) is 44.2 Å². The van der Waals surface area contributed by atoms with Crippen molar-refractivity contribution in [3.8, 4) is 5.75 Å². The number of hydrogen-bond acceptors (Lipinski definition) is 2. The average Bonchev–Trinajstić information content (AvgIpc) is 2.36. The first kappa shape index (κ1) is 12.9. The van der Waals surface area contributed by atoms with Crippen molar-refractivity contribution in [2.45, 2.75) is 26.4 Å². The normalized spacial score (nSPS) is 14.7. The molecule has 18 heavy (non-hydrogen) atoms. The van der Waals surface area contributed by atoms with Crippen molar-refractivity contribution >= 4 is 10.8 Å². The number of ether oxygens (including phenoxy) is 1. The second-order valence-corrected chi connectivity index (χ2v) is 5.31. The molecule has 96 valence electrons. The van der Waals surface area contributed by atoms with E-state index in [4.69, 9.17) is 4.74 Å². The molecule has 0 aliphatic rings. The van der Waals surface area contributed by atoms with Crippen LogP contribution in [0, 0.1) is 5.92 Å². The van der Waals surface area contributed by atoms with Gasteiger partial charge in [0.1, 0.15) is 12.4 Å². The molecular weight excluding hydrogens is 224 g/mol. The van der Waals surface area contributed by atoms with E-state index in [1.54, 1.807) is 6.92 Å². The fourth-order valence-electron chi connectivity index (χ4n) is 1.65. The Morgan fingerprint density at radius 3 is 2.44 bits per heavy atom. The smallest absolute Gasteiger partial charge is 0.120 e. The molecule has 0 radical (unpaired) electrons. The van der Waals surface area contributed by atoms with Gasteiger partial charge in [-0.15, -0.1) is 0 Å². The second kappa shape index (κ2) is 4.99. The summed E-state index contributed by atoms with van der Waals surface area (Å²) in [5.74, 6) is 0.965. The van der Waals surface area contributed by atoms with Crippen LogP contribution in [0.25, 0.3) is 10.8 Å². The molecule has 0 aliphatic heterocycles. The van der Waals surface area contributed by atoms with Gasteiger partial charge in [0.15, 0.2) is 0 Å². The standard InChI is InChI=1S/C16H20O2/c1-12(2)16(3,17)11-18-15-9-8-13-6-4-5-7-14(13)10-15/h4-10,12,17H,11H2,1-3H3. The lowest BCUT2D eigenvalue weighted by atomic mass is 9.94. The summed E-state index contributed by atoms with van der Waals surface area (Å²) in [7, 11) is 0. The van der Waals surface area contributed by atoms with Gasteiger partial charge in [-0.1, -0.05) is 44.2 Å². The molecule has 2 heteroatoms. The number of aliphatic hydroxyl groups is 1. The summed E-state index contributed by atoms with van der Waals surface area (Å²) in [4.78, 5) is 0. The number of benzene rings is 2. The molecule has 2 aromatic rings. The van der Waals surface area contributed by atoms with Crippen LogP contribution in [0.4, 0.5) is 0 Å². The quantitative estimate of drug-likeness (QED) is 0.890. The van der Waals surface area contributed by atoms with Crippen molar-refractivity contribution in [1.29, 1.82) is 0 Å². The molecule has 0 amide bonds. The maximum atomic E-state index is 10.1. The molecule has 0 aromatic heterocycles. The number of hydrogen-bond donors (Lipinski definition) is 1. The summed E-state index contributed by atoms with van der Waals surface area (Å²) in [6.07, 6.45) is 0. The van der Waals surface area contributed by atoms with Gasteiger partial charge in [0, 0.05) is 0 Å². The first-order chi connectivity index (χ1) is 8.49. The van der Waals surface area contributed by atoms with Crippen LogP contribution in [-0.2, 0) is 0 Å². The Kier molecular flexibility index (Phi) is 3.58. The molecule has 0 heterocycles. The highest BCUT2D eigenvalue weighted by molar-refractivity contribution is 5.83. The predicted octanol–water partition coefficient (Wildman–Crippen LogP) is 3.63. The van der Waals surface area contributed by atoms with Gasteiger partial charge in [-0.25, -0.2) is 0 Å². The zero-order valence-corrected chi connectivity index (χ0v) is 11.2. The Morgan fingerprint density at radius 2 is 1.78 bits per heavy atom. The van der Waals surface area contributed by atoms with Crippen molar-refractivity contribution in [3.63, 3.8) is 0 Å². The monoisotopic (exact) mass is 244 g/mol. The van der Waals surface area contributed by atoms with E-state index in [9.17, 15) is 5.11 Å². The lowest BCUT2D eigenvalue weighted by Gasteiger charge is -2.27. The van der Waals surface area contributed by atoms with Crippen LogP contribution < -0.4 is 4.74 Å². The van der Waals surface area contributed by atoms with E-state index in [2.05, 4.69) is 12.1 Å². The largest absolute Gasteiger partial charge is 0.491 e. The van der Waals surface area contributed by atoms with Crippen molar-refractivity contribution in [1.82, 2.24) is 0 Å². The number of rotatable bonds is 4. The van der Waals surface area contributed by atoms with Gasteiger partial charge in [0.25, 0.3) is 0 Å². The van der Waals surface area contributed by atoms with Gasteiger partial charge in [-0.2, -0.15) is 0 Å². The molecule has 0 bridgehead atoms. The Bertz CT molecular complexity index is 529. The van der Waals surface area contributed by atoms with Gasteiger partial charge >= 0.3 is 0 Å². The van der Waals surface area contributed by atoms with Crippen LogP contribution >= 0.6 is 0 Å². The fourth-order valence-corrected chi connectivity index (χ4v) is 1.65. The molecule has 1 atom stereocenters. The van der Waals surface area contributed by atoms with Gasteiger partial charge in [-0.05, 0) is 35.7 Å². The highest BCUT2D eigenvalue weighted by Gasteiger charge is 2.25. The zero-order chi connectivity index (χ0) is 13.2. The third-order valence-electron chi connectivity index (χ3n) is 3.50. The summed E-state index contributed by atoms with van der Waals surface area (Å²) in [5, 5.41) is 12.5. The molecule has 2 rings (SSSR count). The lowest BCUT2D eigenvalue weighted by molar-refractivity contribution is -0.0266. The number of fused-ring (bicyclic) bond motifs is 1. The zero-order valence-electron chi connectivity index (χ0n) is 11.2. The van der Waals surface area contributed by atoms with Crippen molar-refractivity contribution in [2.75, 3.05) is 6.61 Å².